The van der Waals surface area contributed by atoms with Crippen LogP contribution in [0.5, 0.6) is 6.01 Å². The van der Waals surface area contributed by atoms with E-state index in [1.54, 1.807) is 18.2 Å². The van der Waals surface area contributed by atoms with Gasteiger partial charge in [-0.15, -0.1) is 0 Å². The maximum atomic E-state index is 13.3. The monoisotopic (exact) mass is 758 g/mol. The Balaban J connectivity index is 1.17. The van der Waals surface area contributed by atoms with E-state index in [1.165, 1.54) is 42.5 Å². The number of aromatic nitrogens is 3. The van der Waals surface area contributed by atoms with E-state index < -0.39 is 59.9 Å². The number of ether oxygens (including phenoxy) is 1. The Kier molecular flexibility index (Phi) is 11.9. The zero-order chi connectivity index (χ0) is 38.2. The predicted octanol–water partition coefficient (Wildman–Crippen LogP) is 4.46. The summed E-state index contributed by atoms with van der Waals surface area (Å²) in [5, 5.41) is 23.1. The van der Waals surface area contributed by atoms with Crippen LogP contribution in [0.3, 0.4) is 0 Å². The molecule has 1 heterocycles. The lowest BCUT2D eigenvalue weighted by Crippen LogP contribution is -2.45. The van der Waals surface area contributed by atoms with E-state index >= 15 is 0 Å². The molecule has 3 amide bonds. The molecule has 3 aromatic carbocycles. The molecule has 1 saturated carbocycles. The van der Waals surface area contributed by atoms with E-state index in [9.17, 15) is 41.8 Å². The van der Waals surface area contributed by atoms with Crippen molar-refractivity contribution < 1.29 is 46.6 Å². The van der Waals surface area contributed by atoms with Crippen molar-refractivity contribution in [2.24, 2.45) is 0 Å². The van der Waals surface area contributed by atoms with Gasteiger partial charge in [0, 0.05) is 29.4 Å². The third kappa shape index (κ3) is 11.2. The van der Waals surface area contributed by atoms with Crippen LogP contribution in [0.25, 0.3) is 0 Å². The molecule has 1 aromatic heterocycles. The fourth-order valence-corrected chi connectivity index (χ4v) is 5.05. The molecule has 1 aliphatic carbocycles. The molecule has 19 heteroatoms. The number of carboxylic acids is 1. The summed E-state index contributed by atoms with van der Waals surface area (Å²) in [6, 6.07) is 16.0. The van der Waals surface area contributed by atoms with Gasteiger partial charge in [-0.1, -0.05) is 35.9 Å². The molecule has 5 rings (SSSR count). The van der Waals surface area contributed by atoms with E-state index in [1.807, 2.05) is 12.1 Å². The van der Waals surface area contributed by atoms with Crippen molar-refractivity contribution in [1.29, 1.82) is 0 Å². The Labute approximate surface area is 303 Å². The first-order valence-corrected chi connectivity index (χ1v) is 16.3. The van der Waals surface area contributed by atoms with Crippen molar-refractivity contribution >= 4 is 52.9 Å². The number of benzene rings is 3. The van der Waals surface area contributed by atoms with Gasteiger partial charge in [0.25, 0.3) is 5.91 Å². The lowest BCUT2D eigenvalue weighted by Gasteiger charge is -2.19. The lowest BCUT2D eigenvalue weighted by atomic mass is 10.1. The van der Waals surface area contributed by atoms with Crippen LogP contribution in [0.1, 0.15) is 40.7 Å². The second-order valence-corrected chi connectivity index (χ2v) is 12.2. The van der Waals surface area contributed by atoms with Crippen LogP contribution in [-0.4, -0.2) is 69.1 Å². The fraction of sp³-hybridized carbons (Fsp3) is 0.265. The first-order chi connectivity index (χ1) is 25.2. The number of nitrogens with one attached hydrogen (secondary N) is 5. The third-order valence-corrected chi connectivity index (χ3v) is 8.00. The van der Waals surface area contributed by atoms with E-state index in [0.717, 1.165) is 5.56 Å². The van der Waals surface area contributed by atoms with Crippen molar-refractivity contribution in [1.82, 2.24) is 30.9 Å². The van der Waals surface area contributed by atoms with Gasteiger partial charge in [0.2, 0.25) is 11.9 Å². The molecular formula is C34H31ClF4N8O6. The highest BCUT2D eigenvalue weighted by atomic mass is 35.5. The van der Waals surface area contributed by atoms with E-state index in [2.05, 4.69) is 41.5 Å². The number of carbonyl (C=O) groups is 4. The summed E-state index contributed by atoms with van der Waals surface area (Å²) in [5.41, 5.74) is 1.09. The molecular weight excluding hydrogens is 728 g/mol. The summed E-state index contributed by atoms with van der Waals surface area (Å²) >= 11 is 6.01. The number of halogens is 5. The summed E-state index contributed by atoms with van der Waals surface area (Å²) in [6.07, 6.45) is -3.53. The maximum Gasteiger partial charge on any atom is 0.422 e. The van der Waals surface area contributed by atoms with Gasteiger partial charge in [0.15, 0.2) is 6.61 Å². The number of nitrogens with zero attached hydrogens (tertiary/aromatic N) is 3. The number of aliphatic carboxylic acids is 1. The highest BCUT2D eigenvalue weighted by Gasteiger charge is 2.45. The molecule has 53 heavy (non-hydrogen) atoms. The zero-order valence-corrected chi connectivity index (χ0v) is 28.2. The van der Waals surface area contributed by atoms with Crippen LogP contribution in [0.15, 0.2) is 72.8 Å². The summed E-state index contributed by atoms with van der Waals surface area (Å²) in [6.45, 7) is -2.02. The molecule has 0 radical (unpaired) electrons. The SMILES string of the molecule is O=C(NCC[C@H](NC(=O)c1ccc(Nc2nc(NC3(c4ccc(Cl)cc4)CC3)nc(OCC(F)(F)F)n2)cc1)C(=O)O)C(=O)NCc1cccc(F)c1. The Hall–Kier alpha value is -6.04. The van der Waals surface area contributed by atoms with Crippen molar-refractivity contribution in [2.45, 2.75) is 43.6 Å². The van der Waals surface area contributed by atoms with Gasteiger partial charge in [-0.3, -0.25) is 14.4 Å². The summed E-state index contributed by atoms with van der Waals surface area (Å²) < 4.78 is 56.8. The fourth-order valence-electron chi connectivity index (χ4n) is 4.93. The molecule has 278 valence electrons. The minimum absolute atomic E-state index is 0.0494. The number of alkyl halides is 3. The molecule has 1 fully saturated rings. The zero-order valence-electron chi connectivity index (χ0n) is 27.5. The van der Waals surface area contributed by atoms with E-state index in [-0.39, 0.29) is 37.0 Å². The standard InChI is InChI=1S/C34H31ClF4N8O6/c35-22-8-6-21(7-9-22)33(13-14-33)47-31-44-30(45-32(46-31)53-18-34(37,38)39)42-24-10-4-20(5-11-24)26(48)43-25(29(51)52)12-15-40-27(49)28(50)41-17-19-2-1-3-23(36)16-19/h1-11,16,25H,12-15,17-18H2,(H,40,49)(H,41,50)(H,43,48)(H,51,52)(H2,42,44,45,46,47)/t25-/m0/s1. The highest BCUT2D eigenvalue weighted by Crippen LogP contribution is 2.48. The first kappa shape index (κ1) is 38.2. The molecule has 0 unspecified atom stereocenters. The van der Waals surface area contributed by atoms with Crippen molar-refractivity contribution in [3.8, 4) is 6.01 Å². The number of amides is 3. The van der Waals surface area contributed by atoms with Crippen LogP contribution < -0.4 is 31.3 Å². The van der Waals surface area contributed by atoms with Crippen LogP contribution >= 0.6 is 11.6 Å². The number of carbonyl (C=O) groups excluding carboxylic acids is 3. The topological polar surface area (TPSA) is 197 Å². The molecule has 1 aliphatic rings. The molecule has 6 N–H and O–H groups in total. The van der Waals surface area contributed by atoms with Gasteiger partial charge in [0.05, 0.1) is 5.54 Å². The number of anilines is 3. The summed E-state index contributed by atoms with van der Waals surface area (Å²) in [4.78, 5) is 61.1. The molecule has 0 aliphatic heterocycles. The lowest BCUT2D eigenvalue weighted by molar-refractivity contribution is -0.154. The third-order valence-electron chi connectivity index (χ3n) is 7.75. The molecule has 1 atom stereocenters. The van der Waals surface area contributed by atoms with Crippen LogP contribution in [0.4, 0.5) is 35.1 Å². The summed E-state index contributed by atoms with van der Waals surface area (Å²) in [7, 11) is 0. The number of rotatable bonds is 15. The van der Waals surface area contributed by atoms with Crippen molar-refractivity contribution in [3.05, 3.63) is 100 Å². The van der Waals surface area contributed by atoms with Crippen molar-refractivity contribution in [3.63, 3.8) is 0 Å². The number of hydrogen-bond acceptors (Lipinski definition) is 10. The minimum Gasteiger partial charge on any atom is -0.480 e. The van der Waals surface area contributed by atoms with Crippen LogP contribution in [0, 0.1) is 5.82 Å². The normalized spacial score (nSPS) is 13.6. The molecule has 0 spiro atoms. The molecule has 0 saturated heterocycles. The molecule has 4 aromatic rings. The van der Waals surface area contributed by atoms with Gasteiger partial charge >= 0.3 is 30.0 Å². The smallest absolute Gasteiger partial charge is 0.422 e. The van der Waals surface area contributed by atoms with Gasteiger partial charge in [-0.05, 0) is 78.9 Å². The van der Waals surface area contributed by atoms with E-state index in [0.29, 0.717) is 29.1 Å². The van der Waals surface area contributed by atoms with Gasteiger partial charge in [-0.2, -0.15) is 28.1 Å². The highest BCUT2D eigenvalue weighted by molar-refractivity contribution is 6.35. The average molecular weight is 759 g/mol. The first-order valence-electron chi connectivity index (χ1n) is 15.9. The maximum absolute atomic E-state index is 13.3. The minimum atomic E-state index is -4.65. The Morgan fingerprint density at radius 3 is 2.23 bits per heavy atom. The second-order valence-electron chi connectivity index (χ2n) is 11.8. The Morgan fingerprint density at radius 2 is 1.58 bits per heavy atom. The molecule has 0 bridgehead atoms. The van der Waals surface area contributed by atoms with Crippen LogP contribution in [0.2, 0.25) is 5.02 Å². The predicted molar refractivity (Wildman–Crippen MR) is 182 cm³/mol. The van der Waals surface area contributed by atoms with Crippen molar-refractivity contribution in [2.75, 3.05) is 23.8 Å². The van der Waals surface area contributed by atoms with Gasteiger partial charge in [0.1, 0.15) is 11.9 Å². The number of carboxylic acid groups (broad SMARTS) is 1. The second kappa shape index (κ2) is 16.5. The summed E-state index contributed by atoms with van der Waals surface area (Å²) in [5.74, 6) is -4.96. The Morgan fingerprint density at radius 1 is 0.906 bits per heavy atom. The van der Waals surface area contributed by atoms with Crippen LogP contribution in [-0.2, 0) is 26.5 Å². The van der Waals surface area contributed by atoms with Gasteiger partial charge in [-0.25, -0.2) is 9.18 Å². The molecule has 14 nitrogen and oxygen atoms in total. The Bertz CT molecular complexity index is 1960. The largest absolute Gasteiger partial charge is 0.480 e. The quantitative estimate of drug-likeness (QED) is 0.0740. The van der Waals surface area contributed by atoms with E-state index in [4.69, 9.17) is 16.3 Å². The number of hydrogen-bond donors (Lipinski definition) is 6. The van der Waals surface area contributed by atoms with Gasteiger partial charge < -0.3 is 36.4 Å². The average Bonchev–Trinajstić information content (AvgIpc) is 3.89.